The van der Waals surface area contributed by atoms with E-state index in [4.69, 9.17) is 17.3 Å². The van der Waals surface area contributed by atoms with Crippen molar-refractivity contribution >= 4 is 29.1 Å². The minimum Gasteiger partial charge on any atom is -0.384 e. The normalized spacial score (nSPS) is 24.4. The number of aryl methyl sites for hydroxylation is 2. The van der Waals surface area contributed by atoms with Gasteiger partial charge in [0.2, 0.25) is 0 Å². The number of nitrogens with one attached hydrogen (secondary N) is 1. The van der Waals surface area contributed by atoms with Gasteiger partial charge in [-0.15, -0.1) is 0 Å². The Balaban J connectivity index is 1.31. The van der Waals surface area contributed by atoms with Crippen LogP contribution in [0, 0.1) is 29.5 Å². The van der Waals surface area contributed by atoms with E-state index < -0.39 is 17.3 Å². The minimum absolute atomic E-state index is 0.0698. The Morgan fingerprint density at radius 2 is 1.95 bits per heavy atom. The largest absolute Gasteiger partial charge is 0.384 e. The number of anilines is 1. The fourth-order valence-corrected chi connectivity index (χ4v) is 6.15. The summed E-state index contributed by atoms with van der Waals surface area (Å²) in [5.41, 5.74) is 6.64. The third kappa shape index (κ3) is 4.72. The van der Waals surface area contributed by atoms with E-state index in [0.717, 1.165) is 18.5 Å². The number of carbonyl (C=O) groups is 2. The van der Waals surface area contributed by atoms with Crippen molar-refractivity contribution < 1.29 is 19.1 Å². The molecule has 1 aromatic carbocycles. The van der Waals surface area contributed by atoms with Gasteiger partial charge in [-0.1, -0.05) is 11.6 Å². The van der Waals surface area contributed by atoms with Crippen LogP contribution in [0.5, 0.6) is 0 Å². The Morgan fingerprint density at radius 3 is 2.59 bits per heavy atom. The second kappa shape index (κ2) is 9.32. The average molecular weight is 525 g/mol. The van der Waals surface area contributed by atoms with Crippen LogP contribution >= 0.6 is 11.6 Å². The zero-order chi connectivity index (χ0) is 26.5. The molecule has 4 N–H and O–H groups in total. The van der Waals surface area contributed by atoms with E-state index in [2.05, 4.69) is 27.2 Å². The number of primary amides is 1. The van der Waals surface area contributed by atoms with Crippen LogP contribution in [0.15, 0.2) is 30.6 Å². The maximum Gasteiger partial charge on any atom is 0.293 e. The molecule has 11 heteroatoms. The van der Waals surface area contributed by atoms with Gasteiger partial charge in [-0.2, -0.15) is 5.10 Å². The number of nitrogens with two attached hydrogens (primary N) is 1. The third-order valence-electron chi connectivity index (χ3n) is 7.46. The first kappa shape index (κ1) is 25.0. The van der Waals surface area contributed by atoms with Gasteiger partial charge in [-0.25, -0.2) is 9.37 Å². The van der Waals surface area contributed by atoms with Gasteiger partial charge in [0.1, 0.15) is 22.8 Å². The molecule has 2 saturated carbocycles. The van der Waals surface area contributed by atoms with Crippen LogP contribution < -0.4 is 11.1 Å². The number of hydrogen-bond donors (Lipinski definition) is 3. The first-order valence-corrected chi connectivity index (χ1v) is 12.3. The number of hydrogen-bond acceptors (Lipinski definition) is 5. The molecule has 2 fully saturated rings. The quantitative estimate of drug-likeness (QED) is 0.452. The fraction of sp³-hybridized carbons (Fsp3) is 0.385. The Bertz CT molecular complexity index is 1450. The van der Waals surface area contributed by atoms with Crippen LogP contribution in [0.2, 0.25) is 5.02 Å². The van der Waals surface area contributed by atoms with Gasteiger partial charge in [-0.3, -0.25) is 14.3 Å². The second-order valence-electron chi connectivity index (χ2n) is 9.95. The summed E-state index contributed by atoms with van der Waals surface area (Å²) in [6, 6.07) is 5.74. The Kier molecular flexibility index (Phi) is 6.30. The van der Waals surface area contributed by atoms with Crippen molar-refractivity contribution in [3.8, 4) is 11.8 Å². The standard InChI is InChI=1S/C26H26ClFN6O3/c1-33-13-30-23(24(33)25(36)31-17-3-5-20(28)19(27)9-17)14-7-15-11-26(37,12-16(15)8-14)21-10-18(32-34(21)2)4-6-22(29)35/h3,5,9-10,13-16,37H,7-8,11-12H2,1-2H3,(H2,29,35)(H,31,36). The molecule has 0 radical (unpaired) electrons. The number of aliphatic hydroxyl groups is 1. The molecule has 2 heterocycles. The summed E-state index contributed by atoms with van der Waals surface area (Å²) in [5.74, 6) is 3.83. The number of rotatable bonds is 4. The van der Waals surface area contributed by atoms with Gasteiger partial charge in [0.15, 0.2) is 0 Å². The number of imidazole rings is 1. The number of carbonyl (C=O) groups excluding carboxylic acids is 2. The van der Waals surface area contributed by atoms with Crippen LogP contribution in [-0.2, 0) is 24.5 Å². The molecule has 0 saturated heterocycles. The summed E-state index contributed by atoms with van der Waals surface area (Å²) in [6.45, 7) is 0. The minimum atomic E-state index is -1.05. The molecule has 0 aliphatic heterocycles. The van der Waals surface area contributed by atoms with Gasteiger partial charge < -0.3 is 20.7 Å². The van der Waals surface area contributed by atoms with Crippen molar-refractivity contribution in [1.29, 1.82) is 0 Å². The molecule has 2 aliphatic rings. The molecule has 5 rings (SSSR count). The summed E-state index contributed by atoms with van der Waals surface area (Å²) in [5, 5.41) is 18.5. The van der Waals surface area contributed by atoms with E-state index in [-0.39, 0.29) is 28.7 Å². The molecular formula is C26H26ClFN6O3. The van der Waals surface area contributed by atoms with Crippen LogP contribution in [0.3, 0.4) is 0 Å². The van der Waals surface area contributed by atoms with Gasteiger partial charge in [0.05, 0.1) is 22.7 Å². The van der Waals surface area contributed by atoms with Crippen molar-refractivity contribution in [2.75, 3.05) is 5.32 Å². The topological polar surface area (TPSA) is 128 Å². The van der Waals surface area contributed by atoms with Gasteiger partial charge in [0.25, 0.3) is 11.8 Å². The van der Waals surface area contributed by atoms with Crippen LogP contribution in [0.4, 0.5) is 10.1 Å². The molecule has 192 valence electrons. The smallest absolute Gasteiger partial charge is 0.293 e. The number of aromatic nitrogens is 4. The summed E-state index contributed by atoms with van der Waals surface area (Å²) in [6.07, 6.45) is 4.31. The van der Waals surface area contributed by atoms with Crippen molar-refractivity contribution in [3.63, 3.8) is 0 Å². The maximum absolute atomic E-state index is 13.5. The highest BCUT2D eigenvalue weighted by Crippen LogP contribution is 2.56. The Labute approximate surface area is 217 Å². The van der Waals surface area contributed by atoms with Gasteiger partial charge in [0, 0.05) is 31.6 Å². The van der Waals surface area contributed by atoms with Gasteiger partial charge in [-0.05, 0) is 67.7 Å². The lowest BCUT2D eigenvalue weighted by Crippen LogP contribution is -2.26. The highest BCUT2D eigenvalue weighted by atomic mass is 35.5. The highest BCUT2D eigenvalue weighted by Gasteiger charge is 2.51. The van der Waals surface area contributed by atoms with Crippen molar-refractivity contribution in [1.82, 2.24) is 19.3 Å². The van der Waals surface area contributed by atoms with E-state index in [1.54, 1.807) is 35.7 Å². The first-order chi connectivity index (χ1) is 17.5. The van der Waals surface area contributed by atoms with Crippen LogP contribution in [0.1, 0.15) is 59.2 Å². The molecule has 2 amide bonds. The van der Waals surface area contributed by atoms with E-state index in [1.165, 1.54) is 18.2 Å². The molecule has 2 aromatic heterocycles. The maximum atomic E-state index is 13.5. The SMILES string of the molecule is Cn1cnc(C2CC3CC(O)(c4cc(C#CC(N)=O)nn4C)CC3C2)c1C(=O)Nc1ccc(F)c(Cl)c1. The molecule has 2 unspecified atom stereocenters. The number of benzene rings is 1. The lowest BCUT2D eigenvalue weighted by molar-refractivity contribution is -0.112. The van der Waals surface area contributed by atoms with Crippen LogP contribution in [0.25, 0.3) is 0 Å². The molecule has 3 aromatic rings. The molecule has 0 bridgehead atoms. The van der Waals surface area contributed by atoms with E-state index in [9.17, 15) is 19.1 Å². The summed E-state index contributed by atoms with van der Waals surface area (Å²) < 4.78 is 16.8. The lowest BCUT2D eigenvalue weighted by Gasteiger charge is -2.25. The molecule has 2 atom stereocenters. The summed E-state index contributed by atoms with van der Waals surface area (Å²) in [7, 11) is 3.51. The predicted molar refractivity (Wildman–Crippen MR) is 134 cm³/mol. The zero-order valence-electron chi connectivity index (χ0n) is 20.3. The van der Waals surface area contributed by atoms with Crippen molar-refractivity contribution in [2.45, 2.75) is 37.2 Å². The molecule has 9 nitrogen and oxygen atoms in total. The lowest BCUT2D eigenvalue weighted by atomic mass is 9.90. The van der Waals surface area contributed by atoms with E-state index in [0.29, 0.717) is 35.6 Å². The molecular weight excluding hydrogens is 499 g/mol. The van der Waals surface area contributed by atoms with E-state index in [1.807, 2.05) is 0 Å². The molecule has 37 heavy (non-hydrogen) atoms. The van der Waals surface area contributed by atoms with Crippen molar-refractivity contribution in [2.24, 2.45) is 31.7 Å². The van der Waals surface area contributed by atoms with Crippen LogP contribution in [-0.4, -0.2) is 36.3 Å². The van der Waals surface area contributed by atoms with Crippen molar-refractivity contribution in [3.05, 3.63) is 64.2 Å². The third-order valence-corrected chi connectivity index (χ3v) is 7.75. The average Bonchev–Trinajstić information content (AvgIpc) is 3.56. The molecule has 0 spiro atoms. The predicted octanol–water partition coefficient (Wildman–Crippen LogP) is 2.83. The Hall–Kier alpha value is -3.68. The molecule has 2 aliphatic carbocycles. The van der Waals surface area contributed by atoms with Gasteiger partial charge >= 0.3 is 0 Å². The fourth-order valence-electron chi connectivity index (χ4n) is 5.97. The summed E-state index contributed by atoms with van der Waals surface area (Å²) >= 11 is 5.85. The number of amides is 2. The summed E-state index contributed by atoms with van der Waals surface area (Å²) in [4.78, 5) is 28.7. The first-order valence-electron chi connectivity index (χ1n) is 11.9. The zero-order valence-corrected chi connectivity index (χ0v) is 21.1. The Morgan fingerprint density at radius 1 is 1.24 bits per heavy atom. The number of nitrogens with zero attached hydrogens (tertiary/aromatic N) is 4. The monoisotopic (exact) mass is 524 g/mol. The second-order valence-corrected chi connectivity index (χ2v) is 10.4. The number of halogens is 2. The number of fused-ring (bicyclic) bond motifs is 1. The highest BCUT2D eigenvalue weighted by molar-refractivity contribution is 6.31. The van der Waals surface area contributed by atoms with E-state index >= 15 is 0 Å².